The normalized spacial score (nSPS) is 16.0. The lowest BCUT2D eigenvalue weighted by Gasteiger charge is -2.31. The molecule has 2 aliphatic heterocycles. The van der Waals surface area contributed by atoms with Crippen LogP contribution in [0.4, 0.5) is 5.69 Å². The monoisotopic (exact) mass is 401 g/mol. The van der Waals surface area contributed by atoms with Crippen LogP contribution in [-0.2, 0) is 27.3 Å². The van der Waals surface area contributed by atoms with Gasteiger partial charge in [0.05, 0.1) is 5.57 Å². The van der Waals surface area contributed by atoms with Crippen molar-refractivity contribution >= 4 is 29.0 Å². The van der Waals surface area contributed by atoms with Gasteiger partial charge < -0.3 is 10.2 Å². The molecule has 0 radical (unpaired) electrons. The lowest BCUT2D eigenvalue weighted by molar-refractivity contribution is -0.137. The summed E-state index contributed by atoms with van der Waals surface area (Å²) in [6, 6.07) is 15.2. The van der Waals surface area contributed by atoms with Crippen LogP contribution in [0, 0.1) is 0 Å². The Bertz CT molecular complexity index is 1070. The molecular formula is C24H23N3O3. The molecule has 152 valence electrons. The number of amides is 3. The van der Waals surface area contributed by atoms with Crippen LogP contribution in [0.15, 0.2) is 66.9 Å². The lowest BCUT2D eigenvalue weighted by Crippen LogP contribution is -2.37. The highest BCUT2D eigenvalue weighted by Crippen LogP contribution is 2.34. The Hall–Kier alpha value is -3.67. The summed E-state index contributed by atoms with van der Waals surface area (Å²) < 4.78 is 0. The number of hydrogen-bond donors (Lipinski definition) is 1. The molecule has 6 heteroatoms. The summed E-state index contributed by atoms with van der Waals surface area (Å²) in [4.78, 5) is 40.9. The number of benzene rings is 2. The van der Waals surface area contributed by atoms with Gasteiger partial charge in [-0.1, -0.05) is 42.5 Å². The molecule has 2 aromatic rings. The van der Waals surface area contributed by atoms with E-state index in [1.165, 1.54) is 23.0 Å². The van der Waals surface area contributed by atoms with E-state index in [-0.39, 0.29) is 24.3 Å². The average molecular weight is 401 g/mol. The Morgan fingerprint density at radius 2 is 1.77 bits per heavy atom. The van der Waals surface area contributed by atoms with E-state index in [2.05, 4.69) is 24.0 Å². The molecule has 0 bridgehead atoms. The highest BCUT2D eigenvalue weighted by atomic mass is 16.2. The SMILES string of the molecule is C=CCN1C(=O)C(c2ccc(NC(C)=O)cc2)=C(N2CCc3ccccc3C2)C1=O. The zero-order valence-electron chi connectivity index (χ0n) is 16.9. The summed E-state index contributed by atoms with van der Waals surface area (Å²) in [5, 5.41) is 2.72. The second-order valence-corrected chi connectivity index (χ2v) is 7.43. The molecule has 2 aromatic carbocycles. The van der Waals surface area contributed by atoms with Crippen molar-refractivity contribution in [1.82, 2.24) is 9.80 Å². The molecule has 1 N–H and O–H groups in total. The van der Waals surface area contributed by atoms with Crippen LogP contribution < -0.4 is 5.32 Å². The Labute approximate surface area is 175 Å². The Balaban J connectivity index is 1.75. The molecule has 0 aromatic heterocycles. The fraction of sp³-hybridized carbons (Fsp3) is 0.208. The minimum absolute atomic E-state index is 0.166. The molecule has 2 heterocycles. The maximum absolute atomic E-state index is 13.2. The maximum atomic E-state index is 13.2. The molecule has 0 unspecified atom stereocenters. The van der Waals surface area contributed by atoms with Gasteiger partial charge in [-0.3, -0.25) is 19.3 Å². The minimum Gasteiger partial charge on any atom is -0.362 e. The van der Waals surface area contributed by atoms with E-state index in [0.29, 0.717) is 35.6 Å². The summed E-state index contributed by atoms with van der Waals surface area (Å²) >= 11 is 0. The van der Waals surface area contributed by atoms with E-state index in [9.17, 15) is 14.4 Å². The fourth-order valence-corrected chi connectivity index (χ4v) is 4.02. The van der Waals surface area contributed by atoms with Gasteiger partial charge in [0.15, 0.2) is 0 Å². The first-order valence-corrected chi connectivity index (χ1v) is 9.90. The van der Waals surface area contributed by atoms with E-state index in [1.54, 1.807) is 30.3 Å². The van der Waals surface area contributed by atoms with Gasteiger partial charge in [0.2, 0.25) is 5.91 Å². The standard InChI is InChI=1S/C24H23N3O3/c1-3-13-27-23(29)21(18-8-10-20(11-9-18)25-16(2)28)22(24(27)30)26-14-12-17-6-4-5-7-19(17)15-26/h3-11H,1,12-15H2,2H3,(H,25,28). The van der Waals surface area contributed by atoms with Gasteiger partial charge in [-0.2, -0.15) is 0 Å². The van der Waals surface area contributed by atoms with Gasteiger partial charge >= 0.3 is 0 Å². The molecule has 0 saturated carbocycles. The Kier molecular flexibility index (Phi) is 5.23. The summed E-state index contributed by atoms with van der Waals surface area (Å²) in [5.74, 6) is -0.778. The second-order valence-electron chi connectivity index (χ2n) is 7.43. The van der Waals surface area contributed by atoms with Gasteiger partial charge in [0, 0.05) is 32.2 Å². The summed E-state index contributed by atoms with van der Waals surface area (Å²) in [5.41, 5.74) is 4.57. The summed E-state index contributed by atoms with van der Waals surface area (Å²) in [7, 11) is 0. The van der Waals surface area contributed by atoms with Gasteiger partial charge in [-0.05, 0) is 35.2 Å². The zero-order chi connectivity index (χ0) is 21.3. The third-order valence-corrected chi connectivity index (χ3v) is 5.40. The second kappa shape index (κ2) is 7.99. The van der Waals surface area contributed by atoms with E-state index in [0.717, 1.165) is 6.42 Å². The van der Waals surface area contributed by atoms with Crippen molar-refractivity contribution in [2.75, 3.05) is 18.4 Å². The van der Waals surface area contributed by atoms with Crippen LogP contribution in [0.3, 0.4) is 0 Å². The quantitative estimate of drug-likeness (QED) is 0.618. The van der Waals surface area contributed by atoms with E-state index >= 15 is 0 Å². The number of carbonyl (C=O) groups excluding carboxylic acids is 3. The molecule has 0 atom stereocenters. The first kappa shape index (κ1) is 19.6. The fourth-order valence-electron chi connectivity index (χ4n) is 4.02. The largest absolute Gasteiger partial charge is 0.362 e. The number of rotatable bonds is 5. The number of carbonyl (C=O) groups is 3. The smallest absolute Gasteiger partial charge is 0.278 e. The van der Waals surface area contributed by atoms with Crippen LogP contribution in [0.2, 0.25) is 0 Å². The van der Waals surface area contributed by atoms with Crippen molar-refractivity contribution in [2.24, 2.45) is 0 Å². The van der Waals surface area contributed by atoms with E-state index in [4.69, 9.17) is 0 Å². The topological polar surface area (TPSA) is 69.7 Å². The van der Waals surface area contributed by atoms with E-state index in [1.807, 2.05) is 17.0 Å². The van der Waals surface area contributed by atoms with Crippen LogP contribution in [0.5, 0.6) is 0 Å². The number of imide groups is 1. The van der Waals surface area contributed by atoms with Crippen molar-refractivity contribution in [2.45, 2.75) is 19.9 Å². The number of fused-ring (bicyclic) bond motifs is 1. The van der Waals surface area contributed by atoms with Crippen LogP contribution in [0.1, 0.15) is 23.6 Å². The average Bonchev–Trinajstić information content (AvgIpc) is 2.98. The number of nitrogens with zero attached hydrogens (tertiary/aromatic N) is 2. The van der Waals surface area contributed by atoms with Crippen molar-refractivity contribution in [3.8, 4) is 0 Å². The number of nitrogens with one attached hydrogen (secondary N) is 1. The van der Waals surface area contributed by atoms with Gasteiger partial charge in [0.25, 0.3) is 11.8 Å². The molecule has 30 heavy (non-hydrogen) atoms. The third kappa shape index (κ3) is 3.52. The van der Waals surface area contributed by atoms with Crippen molar-refractivity contribution in [1.29, 1.82) is 0 Å². The molecule has 0 fully saturated rings. The van der Waals surface area contributed by atoms with Crippen molar-refractivity contribution in [3.05, 3.63) is 83.6 Å². The van der Waals surface area contributed by atoms with E-state index < -0.39 is 0 Å². The zero-order valence-corrected chi connectivity index (χ0v) is 16.9. The maximum Gasteiger partial charge on any atom is 0.278 e. The van der Waals surface area contributed by atoms with Crippen molar-refractivity contribution < 1.29 is 14.4 Å². The summed E-state index contributed by atoms with van der Waals surface area (Å²) in [6.45, 7) is 6.53. The number of anilines is 1. The van der Waals surface area contributed by atoms with Crippen molar-refractivity contribution in [3.63, 3.8) is 0 Å². The lowest BCUT2D eigenvalue weighted by atomic mass is 9.97. The van der Waals surface area contributed by atoms with Crippen LogP contribution in [-0.4, -0.2) is 40.6 Å². The van der Waals surface area contributed by atoms with Crippen LogP contribution >= 0.6 is 0 Å². The highest BCUT2D eigenvalue weighted by molar-refractivity contribution is 6.35. The predicted molar refractivity (Wildman–Crippen MR) is 115 cm³/mol. The van der Waals surface area contributed by atoms with Gasteiger partial charge in [-0.25, -0.2) is 0 Å². The summed E-state index contributed by atoms with van der Waals surface area (Å²) in [6.07, 6.45) is 2.37. The van der Waals surface area contributed by atoms with Gasteiger partial charge in [0.1, 0.15) is 5.70 Å². The highest BCUT2D eigenvalue weighted by Gasteiger charge is 2.41. The van der Waals surface area contributed by atoms with Gasteiger partial charge in [-0.15, -0.1) is 6.58 Å². The molecule has 0 saturated heterocycles. The molecule has 6 nitrogen and oxygen atoms in total. The Morgan fingerprint density at radius 3 is 2.43 bits per heavy atom. The molecule has 3 amide bonds. The van der Waals surface area contributed by atoms with Crippen LogP contribution in [0.25, 0.3) is 5.57 Å². The minimum atomic E-state index is -0.318. The Morgan fingerprint density at radius 1 is 1.07 bits per heavy atom. The number of hydrogen-bond acceptors (Lipinski definition) is 4. The molecule has 0 spiro atoms. The molecule has 0 aliphatic carbocycles. The predicted octanol–water partition coefficient (Wildman–Crippen LogP) is 2.97. The molecule has 2 aliphatic rings. The first-order valence-electron chi connectivity index (χ1n) is 9.90. The first-order chi connectivity index (χ1) is 14.5. The molecular weight excluding hydrogens is 378 g/mol. The molecule has 4 rings (SSSR count). The third-order valence-electron chi connectivity index (χ3n) is 5.40.